The average molecular weight is 427 g/mol. The van der Waals surface area contributed by atoms with Gasteiger partial charge in [0.2, 0.25) is 0 Å². The summed E-state index contributed by atoms with van der Waals surface area (Å²) in [5.74, 6) is 0.787. The van der Waals surface area contributed by atoms with Crippen LogP contribution >= 0.6 is 0 Å². The van der Waals surface area contributed by atoms with Crippen molar-refractivity contribution in [3.05, 3.63) is 84.2 Å². The van der Waals surface area contributed by atoms with Crippen LogP contribution in [0.25, 0.3) is 16.3 Å². The molecule has 3 aromatic rings. The van der Waals surface area contributed by atoms with Crippen LogP contribution in [0.2, 0.25) is 0 Å². The zero-order valence-electron chi connectivity index (χ0n) is 19.1. The standard InChI is InChI=1S/C29H34N2O/c1-31(16-7-11-25-21-30-20-24-10-5-6-12-27(24)25)17-15-29(32)19-23-13-14-26(29)18-28(23)22-8-3-2-4-9-22/h2-6,8-10,12,18,20-21,23,26,32H,7,11,13-17,19H2,1H3/t23-,26+,29+/m0/s1. The summed E-state index contributed by atoms with van der Waals surface area (Å²) in [7, 11) is 2.19. The van der Waals surface area contributed by atoms with Gasteiger partial charge in [-0.3, -0.25) is 4.98 Å². The fourth-order valence-corrected chi connectivity index (χ4v) is 5.85. The van der Waals surface area contributed by atoms with Crippen LogP contribution in [0.15, 0.2) is 73.1 Å². The Bertz CT molecular complexity index is 1090. The van der Waals surface area contributed by atoms with Crippen molar-refractivity contribution in [1.82, 2.24) is 9.88 Å². The van der Waals surface area contributed by atoms with Crippen molar-refractivity contribution in [2.75, 3.05) is 20.1 Å². The molecule has 1 N–H and O–H groups in total. The zero-order valence-corrected chi connectivity index (χ0v) is 19.1. The van der Waals surface area contributed by atoms with E-state index in [1.54, 1.807) is 0 Å². The van der Waals surface area contributed by atoms with Gasteiger partial charge in [-0.25, -0.2) is 0 Å². The molecule has 2 aromatic carbocycles. The number of fused-ring (bicyclic) bond motifs is 3. The molecule has 6 rings (SSSR count). The Labute approximate surface area is 191 Å². The summed E-state index contributed by atoms with van der Waals surface area (Å²) in [6.07, 6.45) is 12.6. The van der Waals surface area contributed by atoms with Crippen LogP contribution in [0.5, 0.6) is 0 Å². The number of rotatable bonds is 8. The highest BCUT2D eigenvalue weighted by atomic mass is 16.3. The fourth-order valence-electron chi connectivity index (χ4n) is 5.85. The normalized spacial score (nSPS) is 24.8. The number of allylic oxidation sites excluding steroid dienone is 1. The SMILES string of the molecule is CN(CCCc1cncc2ccccc12)CC[C@@]1(O)C[C@@H]2CC[C@@H]1C=C2c1ccccc1. The van der Waals surface area contributed by atoms with Gasteiger partial charge in [-0.1, -0.05) is 60.7 Å². The van der Waals surface area contributed by atoms with Crippen LogP contribution in [0.4, 0.5) is 0 Å². The van der Waals surface area contributed by atoms with Gasteiger partial charge in [0.15, 0.2) is 0 Å². The van der Waals surface area contributed by atoms with Gasteiger partial charge >= 0.3 is 0 Å². The number of aryl methyl sites for hydroxylation is 1. The van der Waals surface area contributed by atoms with Gasteiger partial charge in [0.1, 0.15) is 0 Å². The third kappa shape index (κ3) is 4.37. The van der Waals surface area contributed by atoms with Crippen LogP contribution in [0, 0.1) is 11.8 Å². The second kappa shape index (κ2) is 9.17. The van der Waals surface area contributed by atoms with Gasteiger partial charge in [0.25, 0.3) is 0 Å². The maximum absolute atomic E-state index is 11.5. The van der Waals surface area contributed by atoms with Crippen molar-refractivity contribution in [3.8, 4) is 0 Å². The molecule has 1 heterocycles. The van der Waals surface area contributed by atoms with E-state index < -0.39 is 5.60 Å². The molecule has 0 spiro atoms. The minimum atomic E-state index is -0.547. The van der Waals surface area contributed by atoms with E-state index >= 15 is 0 Å². The molecule has 3 aliphatic rings. The summed E-state index contributed by atoms with van der Waals surface area (Å²) in [6.45, 7) is 1.99. The highest BCUT2D eigenvalue weighted by Crippen LogP contribution is 2.51. The Morgan fingerprint density at radius 1 is 1.00 bits per heavy atom. The molecular weight excluding hydrogens is 392 g/mol. The Kier molecular flexibility index (Phi) is 6.12. The van der Waals surface area contributed by atoms with Crippen LogP contribution in [0.3, 0.4) is 0 Å². The molecule has 0 unspecified atom stereocenters. The number of pyridine rings is 1. The van der Waals surface area contributed by atoms with E-state index in [0.29, 0.717) is 5.92 Å². The first-order chi connectivity index (χ1) is 15.6. The molecule has 0 radical (unpaired) electrons. The molecule has 3 atom stereocenters. The highest BCUT2D eigenvalue weighted by molar-refractivity contribution is 5.84. The molecule has 3 heteroatoms. The van der Waals surface area contributed by atoms with Crippen molar-refractivity contribution < 1.29 is 5.11 Å². The van der Waals surface area contributed by atoms with Gasteiger partial charge < -0.3 is 10.0 Å². The summed E-state index contributed by atoms with van der Waals surface area (Å²) >= 11 is 0. The van der Waals surface area contributed by atoms with Crippen LogP contribution in [-0.4, -0.2) is 40.7 Å². The monoisotopic (exact) mass is 426 g/mol. The van der Waals surface area contributed by atoms with Crippen molar-refractivity contribution in [2.24, 2.45) is 11.8 Å². The molecule has 3 nitrogen and oxygen atoms in total. The maximum atomic E-state index is 11.5. The van der Waals surface area contributed by atoms with Crippen LogP contribution in [-0.2, 0) is 6.42 Å². The van der Waals surface area contributed by atoms with E-state index in [9.17, 15) is 5.11 Å². The minimum absolute atomic E-state index is 0.290. The number of hydrogen-bond donors (Lipinski definition) is 1. The number of hydrogen-bond acceptors (Lipinski definition) is 3. The summed E-state index contributed by atoms with van der Waals surface area (Å²) in [4.78, 5) is 6.80. The second-order valence-electron chi connectivity index (χ2n) is 9.85. The molecule has 2 bridgehead atoms. The lowest BCUT2D eigenvalue weighted by molar-refractivity contribution is -0.0574. The molecule has 3 aliphatic carbocycles. The first-order valence-corrected chi connectivity index (χ1v) is 12.1. The zero-order chi connectivity index (χ0) is 22.0. The van der Waals surface area contributed by atoms with E-state index in [2.05, 4.69) is 77.6 Å². The summed E-state index contributed by atoms with van der Waals surface area (Å²) in [5.41, 5.74) is 3.58. The number of nitrogens with zero attached hydrogens (tertiary/aromatic N) is 2. The van der Waals surface area contributed by atoms with Gasteiger partial charge in [-0.05, 0) is 80.1 Å². The summed E-state index contributed by atoms with van der Waals surface area (Å²) in [5, 5.41) is 14.1. The molecule has 0 amide bonds. The van der Waals surface area contributed by atoms with Gasteiger partial charge in [-0.2, -0.15) is 0 Å². The Morgan fingerprint density at radius 2 is 1.81 bits per heavy atom. The quantitative estimate of drug-likeness (QED) is 0.499. The van der Waals surface area contributed by atoms with Crippen LogP contribution in [0.1, 0.15) is 43.2 Å². The number of aliphatic hydroxyl groups is 1. The molecule has 32 heavy (non-hydrogen) atoms. The first-order valence-electron chi connectivity index (χ1n) is 12.1. The van der Waals surface area contributed by atoms with Crippen molar-refractivity contribution in [3.63, 3.8) is 0 Å². The topological polar surface area (TPSA) is 36.4 Å². The molecule has 0 aliphatic heterocycles. The van der Waals surface area contributed by atoms with Crippen molar-refractivity contribution in [2.45, 2.75) is 44.1 Å². The smallest absolute Gasteiger partial charge is 0.0728 e. The molecule has 166 valence electrons. The second-order valence-corrected chi connectivity index (χ2v) is 9.85. The Balaban J connectivity index is 1.15. The molecule has 0 saturated heterocycles. The largest absolute Gasteiger partial charge is 0.389 e. The minimum Gasteiger partial charge on any atom is -0.389 e. The molecule has 1 aromatic heterocycles. The van der Waals surface area contributed by atoms with E-state index in [-0.39, 0.29) is 5.92 Å². The Morgan fingerprint density at radius 3 is 2.62 bits per heavy atom. The predicted molar refractivity (Wildman–Crippen MR) is 132 cm³/mol. The third-order valence-corrected chi connectivity index (χ3v) is 7.71. The van der Waals surface area contributed by atoms with E-state index in [0.717, 1.165) is 45.2 Å². The maximum Gasteiger partial charge on any atom is 0.0728 e. The van der Waals surface area contributed by atoms with Gasteiger partial charge in [-0.15, -0.1) is 0 Å². The predicted octanol–water partition coefficient (Wildman–Crippen LogP) is 5.73. The van der Waals surface area contributed by atoms with E-state index in [1.165, 1.54) is 33.9 Å². The molecular formula is C29H34N2O. The lowest BCUT2D eigenvalue weighted by Gasteiger charge is -2.48. The van der Waals surface area contributed by atoms with E-state index in [4.69, 9.17) is 0 Å². The third-order valence-electron chi connectivity index (χ3n) is 7.71. The van der Waals surface area contributed by atoms with Crippen molar-refractivity contribution >= 4 is 16.3 Å². The van der Waals surface area contributed by atoms with E-state index in [1.807, 2.05) is 12.4 Å². The lowest BCUT2D eigenvalue weighted by Crippen LogP contribution is -2.48. The van der Waals surface area contributed by atoms with Gasteiger partial charge in [0, 0.05) is 30.2 Å². The first kappa shape index (κ1) is 21.4. The van der Waals surface area contributed by atoms with Crippen LogP contribution < -0.4 is 0 Å². The number of aromatic nitrogens is 1. The fraction of sp³-hybridized carbons (Fsp3) is 0.414. The van der Waals surface area contributed by atoms with Crippen molar-refractivity contribution in [1.29, 1.82) is 0 Å². The molecule has 1 saturated carbocycles. The summed E-state index contributed by atoms with van der Waals surface area (Å²) < 4.78 is 0. The Hall–Kier alpha value is -2.49. The summed E-state index contributed by atoms with van der Waals surface area (Å²) in [6, 6.07) is 19.2. The molecule has 1 fully saturated rings. The lowest BCUT2D eigenvalue weighted by atomic mass is 9.61. The average Bonchev–Trinajstić information content (AvgIpc) is 2.84. The highest BCUT2D eigenvalue weighted by Gasteiger charge is 2.46. The number of benzene rings is 2. The van der Waals surface area contributed by atoms with Gasteiger partial charge in [0.05, 0.1) is 5.60 Å².